The second-order valence-corrected chi connectivity index (χ2v) is 7.50. The molecule has 0 fully saturated rings. The molecule has 6 heteroatoms. The van der Waals surface area contributed by atoms with Crippen LogP contribution in [0.5, 0.6) is 0 Å². The summed E-state index contributed by atoms with van der Waals surface area (Å²) in [5, 5.41) is 12.0. The molecule has 1 amide bonds. The predicted octanol–water partition coefficient (Wildman–Crippen LogP) is 6.28. The molecule has 0 aliphatic carbocycles. The second kappa shape index (κ2) is 15.0. The summed E-state index contributed by atoms with van der Waals surface area (Å²) in [6.07, 6.45) is 16.5. The molecule has 1 aromatic carbocycles. The molecule has 0 aliphatic rings. The highest BCUT2D eigenvalue weighted by Gasteiger charge is 2.20. The number of amides is 1. The Balaban J connectivity index is 2.07. The highest BCUT2D eigenvalue weighted by Crippen LogP contribution is 2.26. The van der Waals surface area contributed by atoms with E-state index in [0.29, 0.717) is 6.42 Å². The van der Waals surface area contributed by atoms with Crippen LogP contribution in [0.25, 0.3) is 0 Å². The molecule has 0 radical (unpaired) electrons. The van der Waals surface area contributed by atoms with Gasteiger partial charge in [0.05, 0.1) is 4.92 Å². The molecule has 0 atom stereocenters. The number of anilines is 1. The quantitative estimate of drug-likeness (QED) is 0.118. The maximum Gasteiger partial charge on any atom is 0.294 e. The average molecular weight is 392 g/mol. The third-order valence-electron chi connectivity index (χ3n) is 5.10. The molecule has 0 aliphatic heterocycles. The Morgan fingerprint density at radius 1 is 0.893 bits per heavy atom. The molecule has 0 saturated carbocycles. The monoisotopic (exact) mass is 391 g/mol. The Kier molecular flexibility index (Phi) is 12.9. The largest absolute Gasteiger partial charge is 0.294 e. The number of hydrogen-bond donors (Lipinski definition) is 1. The molecule has 0 bridgehead atoms. The highest BCUT2D eigenvalue weighted by molar-refractivity contribution is 5.94. The standard InChI is InChI=1S/C22H37N3O3/c1-2-3-4-5-6-7-8-9-10-11-12-13-14-19-22(26)24(23)20-17-15-16-18-21(20)25(27)28/h15-18H,2-14,19,23H2,1H3. The van der Waals surface area contributed by atoms with Gasteiger partial charge in [-0.05, 0) is 12.5 Å². The summed E-state index contributed by atoms with van der Waals surface area (Å²) in [7, 11) is 0. The van der Waals surface area contributed by atoms with E-state index in [2.05, 4.69) is 6.92 Å². The summed E-state index contributed by atoms with van der Waals surface area (Å²) in [5.74, 6) is 5.52. The van der Waals surface area contributed by atoms with Crippen molar-refractivity contribution in [2.75, 3.05) is 5.01 Å². The van der Waals surface area contributed by atoms with Gasteiger partial charge in [-0.1, -0.05) is 96.1 Å². The SMILES string of the molecule is CCCCCCCCCCCCCCCC(=O)N(N)c1ccccc1[N+](=O)[O-]. The third-order valence-corrected chi connectivity index (χ3v) is 5.10. The minimum atomic E-state index is -0.520. The normalized spacial score (nSPS) is 10.8. The first-order valence-electron chi connectivity index (χ1n) is 10.9. The molecule has 0 spiro atoms. The number of para-hydroxylation sites is 2. The van der Waals surface area contributed by atoms with Crippen molar-refractivity contribution in [1.29, 1.82) is 0 Å². The van der Waals surface area contributed by atoms with E-state index in [1.807, 2.05) is 0 Å². The lowest BCUT2D eigenvalue weighted by molar-refractivity contribution is -0.384. The van der Waals surface area contributed by atoms with Crippen molar-refractivity contribution in [3.63, 3.8) is 0 Å². The van der Waals surface area contributed by atoms with Crippen molar-refractivity contribution < 1.29 is 9.72 Å². The number of carbonyl (C=O) groups excluding carboxylic acids is 1. The van der Waals surface area contributed by atoms with Crippen LogP contribution in [0.3, 0.4) is 0 Å². The van der Waals surface area contributed by atoms with Crippen LogP contribution >= 0.6 is 0 Å². The number of benzene rings is 1. The number of hydrazine groups is 1. The van der Waals surface area contributed by atoms with Crippen LogP contribution in [0, 0.1) is 10.1 Å². The zero-order chi connectivity index (χ0) is 20.6. The number of nitrogens with two attached hydrogens (primary N) is 1. The fraction of sp³-hybridized carbons (Fsp3) is 0.682. The molecule has 1 rings (SSSR count). The smallest absolute Gasteiger partial charge is 0.273 e. The highest BCUT2D eigenvalue weighted by atomic mass is 16.6. The van der Waals surface area contributed by atoms with Gasteiger partial charge in [-0.2, -0.15) is 0 Å². The van der Waals surface area contributed by atoms with E-state index in [9.17, 15) is 14.9 Å². The van der Waals surface area contributed by atoms with Gasteiger partial charge in [0.15, 0.2) is 0 Å². The second-order valence-electron chi connectivity index (χ2n) is 7.50. The van der Waals surface area contributed by atoms with Gasteiger partial charge < -0.3 is 0 Å². The first-order chi connectivity index (χ1) is 13.6. The van der Waals surface area contributed by atoms with Gasteiger partial charge in [0.1, 0.15) is 5.69 Å². The van der Waals surface area contributed by atoms with E-state index >= 15 is 0 Å². The minimum absolute atomic E-state index is 0.146. The number of rotatable bonds is 16. The first kappa shape index (κ1) is 24.1. The Labute approximate surface area is 169 Å². The summed E-state index contributed by atoms with van der Waals surface area (Å²) < 4.78 is 0. The third kappa shape index (κ3) is 9.83. The molecular weight excluding hydrogens is 354 g/mol. The lowest BCUT2D eigenvalue weighted by Gasteiger charge is -2.16. The van der Waals surface area contributed by atoms with Crippen molar-refractivity contribution >= 4 is 17.3 Å². The molecule has 0 unspecified atom stereocenters. The summed E-state index contributed by atoms with van der Waals surface area (Å²) >= 11 is 0. The number of carbonyl (C=O) groups is 1. The molecule has 158 valence electrons. The van der Waals surface area contributed by atoms with Crippen LogP contribution in [0.1, 0.15) is 96.8 Å². The van der Waals surface area contributed by atoms with Crippen LogP contribution in [-0.2, 0) is 4.79 Å². The Morgan fingerprint density at radius 2 is 1.36 bits per heavy atom. The Bertz CT molecular complexity index is 578. The molecule has 1 aromatic rings. The summed E-state index contributed by atoms with van der Waals surface area (Å²) in [6.45, 7) is 2.25. The Morgan fingerprint density at radius 3 is 1.86 bits per heavy atom. The lowest BCUT2D eigenvalue weighted by atomic mass is 10.0. The van der Waals surface area contributed by atoms with E-state index < -0.39 is 4.92 Å². The van der Waals surface area contributed by atoms with Crippen molar-refractivity contribution in [3.05, 3.63) is 34.4 Å². The average Bonchev–Trinajstić information content (AvgIpc) is 2.70. The van der Waals surface area contributed by atoms with Gasteiger partial charge in [0.25, 0.3) is 5.69 Å². The summed E-state index contributed by atoms with van der Waals surface area (Å²) in [6, 6.07) is 6.06. The van der Waals surface area contributed by atoms with E-state index in [0.717, 1.165) is 24.3 Å². The molecule has 28 heavy (non-hydrogen) atoms. The topological polar surface area (TPSA) is 89.5 Å². The van der Waals surface area contributed by atoms with Gasteiger partial charge in [0.2, 0.25) is 5.91 Å². The van der Waals surface area contributed by atoms with Crippen molar-refractivity contribution in [2.24, 2.45) is 5.84 Å². The number of unbranched alkanes of at least 4 members (excludes halogenated alkanes) is 12. The molecule has 0 aromatic heterocycles. The van der Waals surface area contributed by atoms with Crippen LogP contribution in [0.2, 0.25) is 0 Å². The first-order valence-corrected chi connectivity index (χ1v) is 10.9. The van der Waals surface area contributed by atoms with Crippen molar-refractivity contribution in [2.45, 2.75) is 96.8 Å². The molecule has 6 nitrogen and oxygen atoms in total. The van der Waals surface area contributed by atoms with Crippen LogP contribution < -0.4 is 10.9 Å². The lowest BCUT2D eigenvalue weighted by Crippen LogP contribution is -2.37. The van der Waals surface area contributed by atoms with Crippen LogP contribution in [0.15, 0.2) is 24.3 Å². The van der Waals surface area contributed by atoms with Gasteiger partial charge in [0, 0.05) is 12.5 Å². The van der Waals surface area contributed by atoms with Crippen molar-refractivity contribution in [1.82, 2.24) is 0 Å². The van der Waals surface area contributed by atoms with Crippen molar-refractivity contribution in [3.8, 4) is 0 Å². The van der Waals surface area contributed by atoms with Crippen LogP contribution in [-0.4, -0.2) is 10.8 Å². The number of nitrogens with zero attached hydrogens (tertiary/aromatic N) is 2. The zero-order valence-corrected chi connectivity index (χ0v) is 17.4. The molecule has 0 heterocycles. The minimum Gasteiger partial charge on any atom is -0.273 e. The van der Waals surface area contributed by atoms with E-state index in [1.54, 1.807) is 12.1 Å². The molecule has 2 N–H and O–H groups in total. The number of hydrogen-bond acceptors (Lipinski definition) is 4. The molecular formula is C22H37N3O3. The zero-order valence-electron chi connectivity index (χ0n) is 17.4. The Hall–Kier alpha value is -1.95. The number of nitro groups is 1. The maximum absolute atomic E-state index is 12.2. The van der Waals surface area contributed by atoms with Gasteiger partial charge in [-0.25, -0.2) is 10.9 Å². The van der Waals surface area contributed by atoms with Gasteiger partial charge >= 0.3 is 0 Å². The summed E-state index contributed by atoms with van der Waals surface area (Å²) in [4.78, 5) is 22.7. The van der Waals surface area contributed by atoms with E-state index in [4.69, 9.17) is 5.84 Å². The van der Waals surface area contributed by atoms with Crippen LogP contribution in [0.4, 0.5) is 11.4 Å². The summed E-state index contributed by atoms with van der Waals surface area (Å²) in [5.41, 5.74) is -0.00379. The molecule has 0 saturated heterocycles. The number of nitro benzene ring substituents is 1. The van der Waals surface area contributed by atoms with E-state index in [1.165, 1.54) is 76.3 Å². The van der Waals surface area contributed by atoms with Gasteiger partial charge in [-0.15, -0.1) is 0 Å². The van der Waals surface area contributed by atoms with Gasteiger partial charge in [-0.3, -0.25) is 14.9 Å². The van der Waals surface area contributed by atoms with E-state index in [-0.39, 0.29) is 17.3 Å². The fourth-order valence-corrected chi connectivity index (χ4v) is 3.37. The predicted molar refractivity (Wildman–Crippen MR) is 115 cm³/mol. The maximum atomic E-state index is 12.2. The fourth-order valence-electron chi connectivity index (χ4n) is 3.37.